The molecule has 2 aliphatic rings. The molecule has 0 atom stereocenters. The molecule has 2 fully saturated rings. The molecule has 0 aromatic rings. The number of rotatable bonds is 7. The molecule has 1 heterocycles. The van der Waals surface area contributed by atoms with Crippen molar-refractivity contribution < 1.29 is 19.0 Å². The molecule has 0 unspecified atom stereocenters. The van der Waals surface area contributed by atoms with Crippen LogP contribution in [-0.2, 0) is 19.0 Å². The summed E-state index contributed by atoms with van der Waals surface area (Å²) in [5.74, 6) is 0.253. The van der Waals surface area contributed by atoms with E-state index in [1.807, 2.05) is 25.7 Å². The Bertz CT molecular complexity index is 438. The van der Waals surface area contributed by atoms with Crippen molar-refractivity contribution in [3.63, 3.8) is 0 Å². The summed E-state index contributed by atoms with van der Waals surface area (Å²) in [6.45, 7) is 14.7. The molecule has 0 spiro atoms. The molecule has 5 nitrogen and oxygen atoms in total. The highest BCUT2D eigenvalue weighted by Crippen LogP contribution is 2.32. The van der Waals surface area contributed by atoms with Crippen molar-refractivity contribution >= 4 is 5.91 Å². The number of hydrogen-bond donors (Lipinski definition) is 0. The van der Waals surface area contributed by atoms with Crippen LogP contribution in [0.5, 0.6) is 0 Å². The number of carbonyl (C=O) groups excluding carboxylic acids is 1. The number of nitrogens with zero attached hydrogens (tertiary/aromatic N) is 1. The van der Waals surface area contributed by atoms with Crippen molar-refractivity contribution in [3.05, 3.63) is 0 Å². The van der Waals surface area contributed by atoms with Crippen molar-refractivity contribution in [2.45, 2.75) is 110 Å². The first kappa shape index (κ1) is 21.6. The lowest BCUT2D eigenvalue weighted by molar-refractivity contribution is -0.168. The molecule has 0 radical (unpaired) electrons. The summed E-state index contributed by atoms with van der Waals surface area (Å²) < 4.78 is 17.8. The number of piperidine rings is 1. The highest BCUT2D eigenvalue weighted by atomic mass is 16.5. The summed E-state index contributed by atoms with van der Waals surface area (Å²) in [6, 6.07) is 0. The van der Waals surface area contributed by atoms with Crippen LogP contribution < -0.4 is 0 Å². The van der Waals surface area contributed by atoms with E-state index in [0.717, 1.165) is 45.2 Å². The van der Waals surface area contributed by atoms with Gasteiger partial charge in [-0.15, -0.1) is 0 Å². The smallest absolute Gasteiger partial charge is 0.222 e. The van der Waals surface area contributed by atoms with Gasteiger partial charge in [-0.3, -0.25) is 4.79 Å². The maximum absolute atomic E-state index is 12.3. The van der Waals surface area contributed by atoms with Crippen LogP contribution in [0.3, 0.4) is 0 Å². The second kappa shape index (κ2) is 9.03. The lowest BCUT2D eigenvalue weighted by Gasteiger charge is -2.42. The van der Waals surface area contributed by atoms with E-state index in [2.05, 4.69) is 20.8 Å². The van der Waals surface area contributed by atoms with Crippen molar-refractivity contribution in [3.8, 4) is 0 Å². The summed E-state index contributed by atoms with van der Waals surface area (Å²) in [5.41, 5.74) is -0.198. The summed E-state index contributed by atoms with van der Waals surface area (Å²) in [5, 5.41) is 0. The van der Waals surface area contributed by atoms with Gasteiger partial charge in [0.05, 0.1) is 29.5 Å². The minimum Gasteiger partial charge on any atom is -0.376 e. The predicted molar refractivity (Wildman–Crippen MR) is 103 cm³/mol. The quantitative estimate of drug-likeness (QED) is 0.638. The fourth-order valence-corrected chi connectivity index (χ4v) is 3.50. The molecule has 5 heteroatoms. The van der Waals surface area contributed by atoms with E-state index >= 15 is 0 Å². The van der Waals surface area contributed by atoms with Crippen LogP contribution in [0.1, 0.15) is 80.1 Å². The van der Waals surface area contributed by atoms with Crippen LogP contribution in [0.4, 0.5) is 0 Å². The van der Waals surface area contributed by atoms with Gasteiger partial charge in [-0.2, -0.15) is 0 Å². The first-order valence-corrected chi connectivity index (χ1v) is 10.3. The third-order valence-electron chi connectivity index (χ3n) is 4.82. The van der Waals surface area contributed by atoms with Gasteiger partial charge < -0.3 is 19.1 Å². The molecular weight excluding hydrogens is 330 g/mol. The van der Waals surface area contributed by atoms with E-state index < -0.39 is 0 Å². The zero-order chi connectivity index (χ0) is 19.4. The summed E-state index contributed by atoms with van der Waals surface area (Å²) in [7, 11) is 0. The minimum absolute atomic E-state index is 0.0702. The molecule has 26 heavy (non-hydrogen) atoms. The number of amides is 1. The van der Waals surface area contributed by atoms with Crippen LogP contribution in [0.2, 0.25) is 0 Å². The van der Waals surface area contributed by atoms with Gasteiger partial charge >= 0.3 is 0 Å². The Balaban J connectivity index is 1.56. The fourth-order valence-electron chi connectivity index (χ4n) is 3.50. The molecule has 0 N–H and O–H groups in total. The van der Waals surface area contributed by atoms with Crippen LogP contribution in [0.25, 0.3) is 0 Å². The van der Waals surface area contributed by atoms with Crippen molar-refractivity contribution in [2.24, 2.45) is 0 Å². The molecule has 1 aliphatic heterocycles. The Morgan fingerprint density at radius 3 is 2.08 bits per heavy atom. The zero-order valence-electron chi connectivity index (χ0n) is 17.7. The Kier molecular flexibility index (Phi) is 7.52. The highest BCUT2D eigenvalue weighted by Gasteiger charge is 2.36. The van der Waals surface area contributed by atoms with E-state index in [4.69, 9.17) is 14.2 Å². The van der Waals surface area contributed by atoms with Gasteiger partial charge in [0.25, 0.3) is 0 Å². The van der Waals surface area contributed by atoms with Gasteiger partial charge in [0.15, 0.2) is 0 Å². The maximum Gasteiger partial charge on any atom is 0.222 e. The maximum atomic E-state index is 12.3. The second-order valence-electron chi connectivity index (χ2n) is 9.73. The van der Waals surface area contributed by atoms with E-state index in [0.29, 0.717) is 31.3 Å². The van der Waals surface area contributed by atoms with Gasteiger partial charge in [0, 0.05) is 26.1 Å². The molecular formula is C21H39NO4. The molecule has 1 aliphatic carbocycles. The Morgan fingerprint density at radius 2 is 1.54 bits per heavy atom. The van der Waals surface area contributed by atoms with Crippen LogP contribution in [-0.4, -0.2) is 60.0 Å². The molecule has 0 aromatic carbocycles. The summed E-state index contributed by atoms with van der Waals surface area (Å²) in [4.78, 5) is 14.3. The molecule has 152 valence electrons. The minimum atomic E-state index is -0.128. The van der Waals surface area contributed by atoms with E-state index in [1.54, 1.807) is 0 Å². The largest absolute Gasteiger partial charge is 0.376 e. The molecule has 1 saturated carbocycles. The second-order valence-corrected chi connectivity index (χ2v) is 9.73. The van der Waals surface area contributed by atoms with E-state index in [9.17, 15) is 4.79 Å². The van der Waals surface area contributed by atoms with Crippen LogP contribution in [0, 0.1) is 0 Å². The first-order valence-electron chi connectivity index (χ1n) is 10.3. The average Bonchev–Trinajstić information content (AvgIpc) is 2.48. The number of likely N-dealkylation sites (tertiary alicyclic amines) is 1. The lowest BCUT2D eigenvalue weighted by Crippen LogP contribution is -2.46. The zero-order valence-corrected chi connectivity index (χ0v) is 17.7. The normalized spacial score (nSPS) is 25.2. The standard InChI is InChI=1S/C21H39NO4/c1-20(2,3)24-13-7-8-19(23)22-11-9-16(10-12-22)25-17-14-18(15-17)26-21(4,5)6/h16-18H,7-15H2,1-6H3. The third kappa shape index (κ3) is 7.93. The Hall–Kier alpha value is -0.650. The SMILES string of the molecule is CC(C)(C)OCCCC(=O)N1CCC(OC2CC(OC(C)(C)C)C2)CC1. The Morgan fingerprint density at radius 1 is 0.923 bits per heavy atom. The van der Waals surface area contributed by atoms with E-state index in [-0.39, 0.29) is 17.1 Å². The highest BCUT2D eigenvalue weighted by molar-refractivity contribution is 5.76. The Labute approximate surface area is 159 Å². The number of ether oxygens (including phenoxy) is 3. The lowest BCUT2D eigenvalue weighted by atomic mass is 9.90. The van der Waals surface area contributed by atoms with Crippen LogP contribution >= 0.6 is 0 Å². The average molecular weight is 370 g/mol. The van der Waals surface area contributed by atoms with Gasteiger partial charge in [0.2, 0.25) is 5.91 Å². The molecule has 1 saturated heterocycles. The monoisotopic (exact) mass is 369 g/mol. The molecule has 0 aromatic heterocycles. The molecule has 0 bridgehead atoms. The van der Waals surface area contributed by atoms with E-state index in [1.165, 1.54) is 0 Å². The van der Waals surface area contributed by atoms with Gasteiger partial charge in [-0.25, -0.2) is 0 Å². The predicted octanol–water partition coefficient (Wildman–Crippen LogP) is 3.94. The van der Waals surface area contributed by atoms with Crippen molar-refractivity contribution in [2.75, 3.05) is 19.7 Å². The van der Waals surface area contributed by atoms with Crippen molar-refractivity contribution in [1.29, 1.82) is 0 Å². The first-order chi connectivity index (χ1) is 12.0. The summed E-state index contributed by atoms with van der Waals surface area (Å²) >= 11 is 0. The number of hydrogen-bond acceptors (Lipinski definition) is 4. The summed E-state index contributed by atoms with van der Waals surface area (Å²) in [6.07, 6.45) is 6.26. The molecule has 2 rings (SSSR count). The third-order valence-corrected chi connectivity index (χ3v) is 4.82. The topological polar surface area (TPSA) is 48.0 Å². The van der Waals surface area contributed by atoms with Crippen LogP contribution in [0.15, 0.2) is 0 Å². The fraction of sp³-hybridized carbons (Fsp3) is 0.952. The molecule has 1 amide bonds. The van der Waals surface area contributed by atoms with Gasteiger partial charge in [0.1, 0.15) is 0 Å². The van der Waals surface area contributed by atoms with Gasteiger partial charge in [-0.05, 0) is 73.6 Å². The number of carbonyl (C=O) groups is 1. The van der Waals surface area contributed by atoms with Crippen molar-refractivity contribution in [1.82, 2.24) is 4.90 Å². The van der Waals surface area contributed by atoms with Gasteiger partial charge in [-0.1, -0.05) is 0 Å².